The lowest BCUT2D eigenvalue weighted by Gasteiger charge is -2.10. The van der Waals surface area contributed by atoms with E-state index in [4.69, 9.17) is 14.2 Å². The summed E-state index contributed by atoms with van der Waals surface area (Å²) < 4.78 is 18.4. The zero-order valence-corrected chi connectivity index (χ0v) is 24.2. The highest BCUT2D eigenvalue weighted by Gasteiger charge is 2.15. The molecule has 0 saturated heterocycles. The maximum absolute atomic E-state index is 12.3. The van der Waals surface area contributed by atoms with E-state index in [2.05, 4.69) is 23.8 Å². The maximum Gasteiger partial charge on any atom is 0.310 e. The summed E-state index contributed by atoms with van der Waals surface area (Å²) >= 11 is 0. The fraction of sp³-hybridized carbons (Fsp3) is 0.200. The second-order valence-corrected chi connectivity index (χ2v) is 8.87. The molecule has 0 aliphatic carbocycles. The van der Waals surface area contributed by atoms with Crippen LogP contribution >= 0.6 is 0 Å². The highest BCUT2D eigenvalue weighted by atomic mass is 16.5. The van der Waals surface area contributed by atoms with Crippen molar-refractivity contribution in [3.8, 4) is 22.6 Å². The molecule has 6 heteroatoms. The molecule has 0 atom stereocenters. The zero-order chi connectivity index (χ0) is 29.8. The summed E-state index contributed by atoms with van der Waals surface area (Å²) in [6.07, 6.45) is 7.22. The number of aromatic nitrogens is 1. The van der Waals surface area contributed by atoms with Crippen molar-refractivity contribution < 1.29 is 23.8 Å². The first kappa shape index (κ1) is 30.7. The number of ether oxygens (including phenoxy) is 3. The van der Waals surface area contributed by atoms with Gasteiger partial charge in [0.05, 0.1) is 13.0 Å². The van der Waals surface area contributed by atoms with Crippen molar-refractivity contribution in [2.45, 2.75) is 40.7 Å². The Kier molecular flexibility index (Phi) is 11.3. The van der Waals surface area contributed by atoms with Crippen molar-refractivity contribution in [2.24, 2.45) is 0 Å². The second-order valence-electron chi connectivity index (χ2n) is 8.87. The van der Waals surface area contributed by atoms with Crippen molar-refractivity contribution >= 4 is 22.8 Å². The number of rotatable bonds is 11. The van der Waals surface area contributed by atoms with Gasteiger partial charge in [0, 0.05) is 30.6 Å². The van der Waals surface area contributed by atoms with Gasteiger partial charge in [-0.05, 0) is 71.7 Å². The molecule has 3 aromatic carbocycles. The van der Waals surface area contributed by atoms with E-state index in [1.807, 2.05) is 74.6 Å². The van der Waals surface area contributed by atoms with Gasteiger partial charge in [-0.1, -0.05) is 69.5 Å². The fourth-order valence-electron chi connectivity index (χ4n) is 4.35. The third kappa shape index (κ3) is 8.32. The maximum atomic E-state index is 12.3. The second kappa shape index (κ2) is 15.1. The quantitative estimate of drug-likeness (QED) is 0.0817. The van der Waals surface area contributed by atoms with E-state index in [-0.39, 0.29) is 18.4 Å². The predicted molar refractivity (Wildman–Crippen MR) is 165 cm³/mol. The minimum atomic E-state index is -0.367. The van der Waals surface area contributed by atoms with Gasteiger partial charge in [0.15, 0.2) is 0 Å². The molecule has 0 aliphatic heterocycles. The van der Waals surface area contributed by atoms with Crippen molar-refractivity contribution in [2.75, 3.05) is 6.61 Å². The molecule has 0 saturated carbocycles. The molecule has 0 unspecified atom stereocenters. The molecular formula is C35H37NO5. The van der Waals surface area contributed by atoms with Crippen LogP contribution in [-0.4, -0.2) is 23.1 Å². The molecule has 1 heterocycles. The number of esters is 2. The normalized spacial score (nSPS) is 10.8. The number of hydrogen-bond donors (Lipinski definition) is 0. The third-order valence-electron chi connectivity index (χ3n) is 6.03. The van der Waals surface area contributed by atoms with Gasteiger partial charge in [-0.25, -0.2) is 0 Å². The average molecular weight is 552 g/mol. The van der Waals surface area contributed by atoms with Crippen LogP contribution in [0.4, 0.5) is 0 Å². The van der Waals surface area contributed by atoms with Crippen LogP contribution in [0, 0.1) is 0 Å². The summed E-state index contributed by atoms with van der Waals surface area (Å²) in [7, 11) is 0. The van der Waals surface area contributed by atoms with Crippen molar-refractivity contribution in [1.29, 1.82) is 0 Å². The molecule has 0 N–H and O–H groups in total. The molecule has 0 amide bonds. The summed E-state index contributed by atoms with van der Waals surface area (Å²) in [5, 5.41) is 0.980. The molecule has 4 aromatic rings. The fourth-order valence-corrected chi connectivity index (χ4v) is 4.35. The van der Waals surface area contributed by atoms with Gasteiger partial charge in [-0.2, -0.15) is 0 Å². The molecule has 41 heavy (non-hydrogen) atoms. The topological polar surface area (TPSA) is 66.8 Å². The lowest BCUT2D eigenvalue weighted by molar-refractivity contribution is -0.142. The summed E-state index contributed by atoms with van der Waals surface area (Å²) in [5.74, 6) is 1.17. The smallest absolute Gasteiger partial charge is 0.310 e. The number of hydrogen-bond acceptors (Lipinski definition) is 5. The Morgan fingerprint density at radius 3 is 2.29 bits per heavy atom. The van der Waals surface area contributed by atoms with Gasteiger partial charge in [0.2, 0.25) is 0 Å². The zero-order valence-electron chi connectivity index (χ0n) is 24.2. The number of fused-ring (bicyclic) bond motifs is 1. The molecule has 212 valence electrons. The molecule has 1 aromatic heterocycles. The minimum absolute atomic E-state index is 0.186. The van der Waals surface area contributed by atoms with Crippen LogP contribution in [0.5, 0.6) is 11.5 Å². The Balaban J connectivity index is 0.00000226. The van der Waals surface area contributed by atoms with E-state index in [9.17, 15) is 9.59 Å². The Morgan fingerprint density at radius 1 is 0.902 bits per heavy atom. The molecule has 0 radical (unpaired) electrons. The minimum Gasteiger partial charge on any atom is -0.466 e. The summed E-state index contributed by atoms with van der Waals surface area (Å²) in [6, 6.07) is 21.4. The summed E-state index contributed by atoms with van der Waals surface area (Å²) in [5.41, 5.74) is 4.83. The molecule has 0 spiro atoms. The average Bonchev–Trinajstić information content (AvgIpc) is 3.30. The molecule has 0 aliphatic rings. The van der Waals surface area contributed by atoms with Gasteiger partial charge in [-0.15, -0.1) is 0 Å². The van der Waals surface area contributed by atoms with Crippen LogP contribution in [0.15, 0.2) is 110 Å². The van der Waals surface area contributed by atoms with Crippen LogP contribution < -0.4 is 9.47 Å². The lowest BCUT2D eigenvalue weighted by Crippen LogP contribution is -2.07. The highest BCUT2D eigenvalue weighted by molar-refractivity contribution is 5.91. The van der Waals surface area contributed by atoms with Crippen LogP contribution in [0.2, 0.25) is 0 Å². The first-order valence-corrected chi connectivity index (χ1v) is 13.7. The third-order valence-corrected chi connectivity index (χ3v) is 6.03. The Hall–Kier alpha value is -4.84. The van der Waals surface area contributed by atoms with Crippen LogP contribution in [0.1, 0.15) is 38.8 Å². The number of carbonyl (C=O) groups is 2. The molecule has 0 fully saturated rings. The van der Waals surface area contributed by atoms with E-state index in [0.29, 0.717) is 30.4 Å². The highest BCUT2D eigenvalue weighted by Crippen LogP contribution is 2.31. The lowest BCUT2D eigenvalue weighted by atomic mass is 10.0. The van der Waals surface area contributed by atoms with E-state index in [1.54, 1.807) is 31.2 Å². The van der Waals surface area contributed by atoms with Crippen molar-refractivity contribution in [1.82, 2.24) is 4.57 Å². The SMILES string of the molecule is C=C/C=C(\C=C)Oc1ccc(Cn2cc(CC(=O)OCC)c3ccc(-c4cccc(OC(C)=O)c4)cc32)cc1.CC. The van der Waals surface area contributed by atoms with E-state index >= 15 is 0 Å². The molecule has 4 rings (SSSR count). The number of carbonyl (C=O) groups excluding carboxylic acids is 2. The van der Waals surface area contributed by atoms with Gasteiger partial charge in [-0.3, -0.25) is 9.59 Å². The monoisotopic (exact) mass is 551 g/mol. The van der Waals surface area contributed by atoms with E-state index in [1.165, 1.54) is 6.92 Å². The Labute approximate surface area is 242 Å². The number of benzene rings is 3. The van der Waals surface area contributed by atoms with Gasteiger partial charge >= 0.3 is 11.9 Å². The first-order valence-electron chi connectivity index (χ1n) is 13.7. The number of allylic oxidation sites excluding steroid dienone is 3. The van der Waals surface area contributed by atoms with E-state index in [0.717, 1.165) is 33.2 Å². The molecular weight excluding hydrogens is 514 g/mol. The predicted octanol–water partition coefficient (Wildman–Crippen LogP) is 8.05. The van der Waals surface area contributed by atoms with Crippen LogP contribution in [0.3, 0.4) is 0 Å². The van der Waals surface area contributed by atoms with Gasteiger partial charge < -0.3 is 18.8 Å². The summed E-state index contributed by atoms with van der Waals surface area (Å²) in [4.78, 5) is 23.8. The van der Waals surface area contributed by atoms with Crippen molar-refractivity contribution in [3.63, 3.8) is 0 Å². The largest absolute Gasteiger partial charge is 0.466 e. The van der Waals surface area contributed by atoms with E-state index < -0.39 is 0 Å². The van der Waals surface area contributed by atoms with Crippen LogP contribution in [0.25, 0.3) is 22.0 Å². The number of nitrogens with zero attached hydrogens (tertiary/aromatic N) is 1. The standard InChI is InChI=1S/C33H31NO5.C2H6/c1-5-9-28(6-2)39-29-15-12-24(13-16-29)21-34-22-27(20-33(36)37-7-3)31-17-14-26(19-32(31)34)25-10-8-11-30(18-25)38-23(4)35;1-2/h5-6,8-19,22H,1-2,7,20-21H2,3-4H3;1-2H3/b28-9+;. The molecule has 0 bridgehead atoms. The first-order chi connectivity index (χ1) is 19.9. The Bertz CT molecular complexity index is 1540. The van der Waals surface area contributed by atoms with Gasteiger partial charge in [0.1, 0.15) is 17.3 Å². The van der Waals surface area contributed by atoms with Gasteiger partial charge in [0.25, 0.3) is 0 Å². The van der Waals surface area contributed by atoms with Crippen LogP contribution in [-0.2, 0) is 27.3 Å². The molecule has 6 nitrogen and oxygen atoms in total. The van der Waals surface area contributed by atoms with Crippen molar-refractivity contribution in [3.05, 3.63) is 121 Å². The summed E-state index contributed by atoms with van der Waals surface area (Å²) in [6.45, 7) is 15.6. The Morgan fingerprint density at radius 2 is 1.63 bits per heavy atom.